The Kier molecular flexibility index (Phi) is 5.51. The third-order valence-electron chi connectivity index (χ3n) is 4.66. The number of carbonyl (C=O) groups excluding carboxylic acids is 1. The standard InChI is InChI=1S/C21H21N7O2/c1-15-11-16(5-7-23-15)18-13-26-28(21(18)30)19-4-3-17(12-25-19)20(29)24-6-2-9-27-10-8-22-14-27/h3-5,7-8,10-14,26H,2,6,9H2,1H3,(H,24,29). The van der Waals surface area contributed by atoms with Crippen molar-refractivity contribution in [3.63, 3.8) is 0 Å². The van der Waals surface area contributed by atoms with Gasteiger partial charge in [0, 0.05) is 49.8 Å². The van der Waals surface area contributed by atoms with Crippen molar-refractivity contribution in [2.24, 2.45) is 0 Å². The largest absolute Gasteiger partial charge is 0.352 e. The number of aryl methyl sites for hydroxylation is 2. The lowest BCUT2D eigenvalue weighted by atomic mass is 10.1. The summed E-state index contributed by atoms with van der Waals surface area (Å²) in [6, 6.07) is 6.93. The predicted octanol–water partition coefficient (Wildman–Crippen LogP) is 1.95. The first-order valence-electron chi connectivity index (χ1n) is 9.55. The number of aromatic nitrogens is 6. The topological polar surface area (TPSA) is 110 Å². The lowest BCUT2D eigenvalue weighted by Crippen LogP contribution is -2.25. The molecule has 0 atom stereocenters. The number of nitrogens with one attached hydrogen (secondary N) is 2. The van der Waals surface area contributed by atoms with E-state index in [0.29, 0.717) is 23.5 Å². The van der Waals surface area contributed by atoms with Crippen molar-refractivity contribution in [2.45, 2.75) is 19.9 Å². The van der Waals surface area contributed by atoms with E-state index in [1.807, 2.05) is 23.8 Å². The minimum absolute atomic E-state index is 0.202. The van der Waals surface area contributed by atoms with Gasteiger partial charge in [0.05, 0.1) is 17.5 Å². The molecule has 9 nitrogen and oxygen atoms in total. The number of nitrogens with zero attached hydrogens (tertiary/aromatic N) is 5. The molecule has 4 heterocycles. The summed E-state index contributed by atoms with van der Waals surface area (Å²) in [5.41, 5.74) is 2.37. The van der Waals surface area contributed by atoms with Crippen molar-refractivity contribution in [1.29, 1.82) is 0 Å². The molecular formula is C21H21N7O2. The molecule has 0 fully saturated rings. The molecule has 0 saturated heterocycles. The Morgan fingerprint density at radius 1 is 1.20 bits per heavy atom. The summed E-state index contributed by atoms with van der Waals surface area (Å²) in [6.45, 7) is 3.20. The molecule has 4 rings (SSSR count). The van der Waals surface area contributed by atoms with E-state index in [9.17, 15) is 9.59 Å². The summed E-state index contributed by atoms with van der Waals surface area (Å²) < 4.78 is 3.30. The Hall–Kier alpha value is -4.01. The lowest BCUT2D eigenvalue weighted by Gasteiger charge is -2.06. The molecule has 0 unspecified atom stereocenters. The lowest BCUT2D eigenvalue weighted by molar-refractivity contribution is 0.0952. The van der Waals surface area contributed by atoms with Crippen LogP contribution in [0.25, 0.3) is 16.9 Å². The molecule has 0 aromatic carbocycles. The van der Waals surface area contributed by atoms with E-state index in [4.69, 9.17) is 0 Å². The van der Waals surface area contributed by atoms with Crippen LogP contribution < -0.4 is 10.9 Å². The highest BCUT2D eigenvalue weighted by Crippen LogP contribution is 2.15. The Morgan fingerprint density at radius 3 is 2.83 bits per heavy atom. The fourth-order valence-electron chi connectivity index (χ4n) is 3.10. The number of pyridine rings is 2. The maximum absolute atomic E-state index is 12.8. The van der Waals surface area contributed by atoms with Crippen LogP contribution >= 0.6 is 0 Å². The van der Waals surface area contributed by atoms with Crippen LogP contribution in [0.2, 0.25) is 0 Å². The third-order valence-corrected chi connectivity index (χ3v) is 4.66. The van der Waals surface area contributed by atoms with Crippen molar-refractivity contribution >= 4 is 5.91 Å². The Morgan fingerprint density at radius 2 is 2.10 bits per heavy atom. The zero-order valence-corrected chi connectivity index (χ0v) is 16.4. The molecule has 0 aliphatic carbocycles. The van der Waals surface area contributed by atoms with Gasteiger partial charge < -0.3 is 9.88 Å². The van der Waals surface area contributed by atoms with Crippen LogP contribution in [0.3, 0.4) is 0 Å². The second kappa shape index (κ2) is 8.56. The van der Waals surface area contributed by atoms with Crippen LogP contribution in [0.15, 0.2) is 66.4 Å². The zero-order valence-electron chi connectivity index (χ0n) is 16.4. The first-order valence-corrected chi connectivity index (χ1v) is 9.55. The number of H-pyrrole nitrogens is 1. The van der Waals surface area contributed by atoms with Gasteiger partial charge in [0.2, 0.25) is 0 Å². The van der Waals surface area contributed by atoms with Gasteiger partial charge in [-0.2, -0.15) is 0 Å². The van der Waals surface area contributed by atoms with Crippen molar-refractivity contribution in [3.8, 4) is 16.9 Å². The number of amides is 1. The minimum Gasteiger partial charge on any atom is -0.352 e. The van der Waals surface area contributed by atoms with E-state index in [1.54, 1.807) is 43.1 Å². The monoisotopic (exact) mass is 403 g/mol. The maximum Gasteiger partial charge on any atom is 0.280 e. The predicted molar refractivity (Wildman–Crippen MR) is 111 cm³/mol. The molecule has 2 N–H and O–H groups in total. The Bertz CT molecular complexity index is 1190. The van der Waals surface area contributed by atoms with Crippen molar-refractivity contribution in [1.82, 2.24) is 34.6 Å². The molecule has 152 valence electrons. The van der Waals surface area contributed by atoms with Gasteiger partial charge >= 0.3 is 0 Å². The molecule has 4 aromatic heterocycles. The highest BCUT2D eigenvalue weighted by Gasteiger charge is 2.12. The molecule has 0 saturated carbocycles. The van der Waals surface area contributed by atoms with E-state index in [0.717, 1.165) is 24.2 Å². The van der Waals surface area contributed by atoms with Gasteiger partial charge in [-0.15, -0.1) is 0 Å². The quantitative estimate of drug-likeness (QED) is 0.458. The van der Waals surface area contributed by atoms with Crippen LogP contribution in [0.1, 0.15) is 22.5 Å². The van der Waals surface area contributed by atoms with Gasteiger partial charge in [0.15, 0.2) is 5.82 Å². The van der Waals surface area contributed by atoms with Crippen molar-refractivity contribution in [3.05, 3.63) is 83.2 Å². The summed E-state index contributed by atoms with van der Waals surface area (Å²) >= 11 is 0. The summed E-state index contributed by atoms with van der Waals surface area (Å²) in [5, 5.41) is 5.79. The van der Waals surface area contributed by atoms with E-state index in [2.05, 4.69) is 25.4 Å². The number of imidazole rings is 1. The fourth-order valence-corrected chi connectivity index (χ4v) is 3.10. The second-order valence-electron chi connectivity index (χ2n) is 6.83. The molecule has 0 radical (unpaired) electrons. The summed E-state index contributed by atoms with van der Waals surface area (Å²) in [7, 11) is 0. The van der Waals surface area contributed by atoms with Crippen LogP contribution in [0.4, 0.5) is 0 Å². The molecule has 0 aliphatic heterocycles. The van der Waals surface area contributed by atoms with Gasteiger partial charge in [-0.25, -0.2) is 14.6 Å². The van der Waals surface area contributed by atoms with Gasteiger partial charge in [-0.05, 0) is 43.2 Å². The molecule has 1 amide bonds. The van der Waals surface area contributed by atoms with Crippen LogP contribution in [-0.2, 0) is 6.54 Å². The maximum atomic E-state index is 12.8. The van der Waals surface area contributed by atoms with E-state index < -0.39 is 0 Å². The zero-order chi connectivity index (χ0) is 20.9. The number of rotatable bonds is 7. The van der Waals surface area contributed by atoms with Crippen LogP contribution in [0.5, 0.6) is 0 Å². The third kappa shape index (κ3) is 4.19. The summed E-state index contributed by atoms with van der Waals surface area (Å²) in [6.07, 6.45) is 10.9. The van der Waals surface area contributed by atoms with Gasteiger partial charge in [-0.3, -0.25) is 19.7 Å². The van der Waals surface area contributed by atoms with Gasteiger partial charge in [0.1, 0.15) is 0 Å². The number of hydrogen-bond donors (Lipinski definition) is 2. The highest BCUT2D eigenvalue weighted by atomic mass is 16.1. The average molecular weight is 403 g/mol. The molecule has 0 aliphatic rings. The Labute approximate surface area is 172 Å². The van der Waals surface area contributed by atoms with E-state index in [1.165, 1.54) is 10.9 Å². The molecule has 0 spiro atoms. The average Bonchev–Trinajstić information content (AvgIpc) is 3.41. The minimum atomic E-state index is -0.218. The van der Waals surface area contributed by atoms with Gasteiger partial charge in [-0.1, -0.05) is 0 Å². The Balaban J connectivity index is 1.41. The number of aromatic amines is 1. The number of carbonyl (C=O) groups is 1. The van der Waals surface area contributed by atoms with Crippen molar-refractivity contribution < 1.29 is 4.79 Å². The molecule has 30 heavy (non-hydrogen) atoms. The van der Waals surface area contributed by atoms with Gasteiger partial charge in [0.25, 0.3) is 11.5 Å². The fraction of sp³-hybridized carbons (Fsp3) is 0.190. The first-order chi connectivity index (χ1) is 14.6. The summed E-state index contributed by atoms with van der Waals surface area (Å²) in [4.78, 5) is 37.5. The first kappa shape index (κ1) is 19.3. The van der Waals surface area contributed by atoms with Crippen LogP contribution in [-0.4, -0.2) is 41.8 Å². The normalized spacial score (nSPS) is 10.8. The number of hydrogen-bond acceptors (Lipinski definition) is 5. The highest BCUT2D eigenvalue weighted by molar-refractivity contribution is 5.93. The van der Waals surface area contributed by atoms with Crippen LogP contribution in [0, 0.1) is 6.92 Å². The molecule has 0 bridgehead atoms. The van der Waals surface area contributed by atoms with E-state index in [-0.39, 0.29) is 11.5 Å². The van der Waals surface area contributed by atoms with Crippen molar-refractivity contribution in [2.75, 3.05) is 6.54 Å². The SMILES string of the molecule is Cc1cc(-c2c[nH]n(-c3ccc(C(=O)NCCCn4ccnc4)cn3)c2=O)ccn1. The smallest absolute Gasteiger partial charge is 0.280 e. The summed E-state index contributed by atoms with van der Waals surface area (Å²) in [5.74, 6) is 0.208. The molecular weight excluding hydrogens is 382 g/mol. The molecule has 9 heteroatoms. The molecule has 4 aromatic rings. The second-order valence-corrected chi connectivity index (χ2v) is 6.83. The van der Waals surface area contributed by atoms with E-state index >= 15 is 0 Å².